The highest BCUT2D eigenvalue weighted by molar-refractivity contribution is 5.94. The van der Waals surface area contributed by atoms with Gasteiger partial charge in [-0.2, -0.15) is 0 Å². The van der Waals surface area contributed by atoms with E-state index in [1.165, 1.54) is 4.90 Å². The monoisotopic (exact) mass is 215 g/mol. The molecule has 15 heavy (non-hydrogen) atoms. The third-order valence-corrected chi connectivity index (χ3v) is 3.18. The first-order chi connectivity index (χ1) is 7.20. The maximum Gasteiger partial charge on any atom is 0.258 e. The van der Waals surface area contributed by atoms with Gasteiger partial charge in [-0.05, 0) is 32.1 Å². The number of piperidine rings is 1. The lowest BCUT2D eigenvalue weighted by atomic mass is 9.94. The normalized spacial score (nSPS) is 26.2. The maximum atomic E-state index is 12.7. The van der Waals surface area contributed by atoms with Gasteiger partial charge in [0.25, 0.3) is 6.43 Å². The second kappa shape index (κ2) is 4.29. The minimum Gasteiger partial charge on any atom is -0.330 e. The van der Waals surface area contributed by atoms with E-state index in [-0.39, 0.29) is 5.91 Å². The lowest BCUT2D eigenvalue weighted by Crippen LogP contribution is -2.48. The number of halogens is 2. The summed E-state index contributed by atoms with van der Waals surface area (Å²) in [5, 5.41) is 0. The molecule has 0 aromatic heterocycles. The number of carbonyl (C=O) groups is 1. The number of carbonyl (C=O) groups excluding carboxylic acids is 1. The molecule has 0 saturated carbocycles. The Morgan fingerprint density at radius 2 is 2.20 bits per heavy atom. The molecule has 2 rings (SSSR count). The molecule has 4 heteroatoms. The average Bonchev–Trinajstić information content (AvgIpc) is 2.15. The zero-order chi connectivity index (χ0) is 10.8. The van der Waals surface area contributed by atoms with Gasteiger partial charge in [-0.15, -0.1) is 0 Å². The van der Waals surface area contributed by atoms with E-state index in [9.17, 15) is 13.6 Å². The summed E-state index contributed by atoms with van der Waals surface area (Å²) in [6, 6.07) is -0.854. The number of likely N-dealkylation sites (tertiary alicyclic amines) is 1. The maximum absolute atomic E-state index is 12.7. The number of nitrogens with zero attached hydrogens (tertiary/aromatic N) is 1. The smallest absolute Gasteiger partial charge is 0.258 e. The summed E-state index contributed by atoms with van der Waals surface area (Å²) in [6.07, 6.45) is 3.20. The van der Waals surface area contributed by atoms with Gasteiger partial charge in [0.1, 0.15) is 0 Å². The van der Waals surface area contributed by atoms with Gasteiger partial charge in [0.2, 0.25) is 5.91 Å². The molecule has 1 heterocycles. The quantitative estimate of drug-likeness (QED) is 0.692. The van der Waals surface area contributed by atoms with E-state index in [1.807, 2.05) is 6.08 Å². The molecule has 0 spiro atoms. The molecule has 0 aromatic rings. The number of hydrogen-bond donors (Lipinski definition) is 0. The predicted octanol–water partition coefficient (Wildman–Crippen LogP) is 2.35. The van der Waals surface area contributed by atoms with Gasteiger partial charge in [-0.25, -0.2) is 8.78 Å². The van der Waals surface area contributed by atoms with Crippen molar-refractivity contribution >= 4 is 5.91 Å². The van der Waals surface area contributed by atoms with Gasteiger partial charge in [0.15, 0.2) is 0 Å². The van der Waals surface area contributed by atoms with Crippen molar-refractivity contribution in [2.45, 2.75) is 44.6 Å². The van der Waals surface area contributed by atoms with Gasteiger partial charge >= 0.3 is 0 Å². The highest BCUT2D eigenvalue weighted by Crippen LogP contribution is 2.27. The molecule has 1 amide bonds. The number of alkyl halides is 2. The van der Waals surface area contributed by atoms with Crippen LogP contribution in [-0.2, 0) is 4.79 Å². The molecule has 1 saturated heterocycles. The van der Waals surface area contributed by atoms with Crippen LogP contribution >= 0.6 is 0 Å². The van der Waals surface area contributed by atoms with Crippen LogP contribution in [0.1, 0.15) is 32.1 Å². The van der Waals surface area contributed by atoms with Crippen molar-refractivity contribution < 1.29 is 13.6 Å². The molecule has 0 N–H and O–H groups in total. The van der Waals surface area contributed by atoms with Crippen molar-refractivity contribution in [1.29, 1.82) is 0 Å². The molecular weight excluding hydrogens is 200 g/mol. The Hall–Kier alpha value is -0.930. The van der Waals surface area contributed by atoms with Gasteiger partial charge < -0.3 is 4.90 Å². The molecule has 1 aliphatic carbocycles. The Bertz CT molecular complexity index is 288. The van der Waals surface area contributed by atoms with Crippen LogP contribution in [0, 0.1) is 0 Å². The minimum absolute atomic E-state index is 0.161. The van der Waals surface area contributed by atoms with Crippen LogP contribution in [0.5, 0.6) is 0 Å². The van der Waals surface area contributed by atoms with Crippen LogP contribution in [0.2, 0.25) is 0 Å². The molecule has 0 radical (unpaired) electrons. The van der Waals surface area contributed by atoms with E-state index in [2.05, 4.69) is 0 Å². The molecule has 84 valence electrons. The lowest BCUT2D eigenvalue weighted by molar-refractivity contribution is -0.135. The summed E-state index contributed by atoms with van der Waals surface area (Å²) in [5.41, 5.74) is 0.725. The number of amides is 1. The number of rotatable bonds is 2. The topological polar surface area (TPSA) is 20.3 Å². The Morgan fingerprint density at radius 1 is 1.47 bits per heavy atom. The Balaban J connectivity index is 2.06. The fourth-order valence-corrected chi connectivity index (χ4v) is 2.14. The Labute approximate surface area is 87.9 Å². The lowest BCUT2D eigenvalue weighted by Gasteiger charge is -2.36. The third kappa shape index (κ3) is 2.03. The van der Waals surface area contributed by atoms with Crippen LogP contribution in [0.25, 0.3) is 0 Å². The Kier molecular flexibility index (Phi) is 3.03. The molecule has 0 aromatic carbocycles. The largest absolute Gasteiger partial charge is 0.330 e. The van der Waals surface area contributed by atoms with E-state index in [4.69, 9.17) is 0 Å². The van der Waals surface area contributed by atoms with Crippen molar-refractivity contribution in [3.05, 3.63) is 11.6 Å². The van der Waals surface area contributed by atoms with Crippen molar-refractivity contribution in [2.75, 3.05) is 6.54 Å². The first-order valence-electron chi connectivity index (χ1n) is 5.48. The van der Waals surface area contributed by atoms with Crippen molar-refractivity contribution in [2.24, 2.45) is 0 Å². The van der Waals surface area contributed by atoms with Gasteiger partial charge in [-0.3, -0.25) is 4.79 Å². The summed E-state index contributed by atoms with van der Waals surface area (Å²) in [4.78, 5) is 13.2. The number of hydrogen-bond acceptors (Lipinski definition) is 1. The fraction of sp³-hybridized carbons (Fsp3) is 0.727. The molecule has 0 bridgehead atoms. The van der Waals surface area contributed by atoms with E-state index in [0.29, 0.717) is 13.0 Å². The minimum atomic E-state index is -2.41. The second-order valence-corrected chi connectivity index (χ2v) is 4.16. The highest BCUT2D eigenvalue weighted by Gasteiger charge is 2.34. The summed E-state index contributed by atoms with van der Waals surface area (Å²) in [6.45, 7) is 0.491. The van der Waals surface area contributed by atoms with Crippen LogP contribution in [0.4, 0.5) is 8.78 Å². The second-order valence-electron chi connectivity index (χ2n) is 4.16. The summed E-state index contributed by atoms with van der Waals surface area (Å²) in [7, 11) is 0. The molecule has 1 aliphatic heterocycles. The van der Waals surface area contributed by atoms with Crippen molar-refractivity contribution in [3.63, 3.8) is 0 Å². The molecule has 1 unspecified atom stereocenters. The predicted molar refractivity (Wildman–Crippen MR) is 52.7 cm³/mol. The average molecular weight is 215 g/mol. The van der Waals surface area contributed by atoms with Crippen LogP contribution in [-0.4, -0.2) is 29.8 Å². The molecule has 1 fully saturated rings. The van der Waals surface area contributed by atoms with Crippen LogP contribution < -0.4 is 0 Å². The Morgan fingerprint density at radius 3 is 2.73 bits per heavy atom. The molecule has 1 atom stereocenters. The zero-order valence-electron chi connectivity index (χ0n) is 8.59. The summed E-state index contributed by atoms with van der Waals surface area (Å²) < 4.78 is 25.4. The highest BCUT2D eigenvalue weighted by atomic mass is 19.3. The van der Waals surface area contributed by atoms with Crippen LogP contribution in [0.3, 0.4) is 0 Å². The number of allylic oxidation sites excluding steroid dienone is 1. The van der Waals surface area contributed by atoms with Gasteiger partial charge in [0, 0.05) is 12.1 Å². The fourth-order valence-electron chi connectivity index (χ4n) is 2.14. The zero-order valence-corrected chi connectivity index (χ0v) is 8.59. The third-order valence-electron chi connectivity index (χ3n) is 3.18. The SMILES string of the molecule is O=C(C1=CCC1)N1CCCCC1C(F)F. The van der Waals surface area contributed by atoms with Crippen molar-refractivity contribution in [3.8, 4) is 0 Å². The molecule has 2 nitrogen and oxygen atoms in total. The van der Waals surface area contributed by atoms with E-state index < -0.39 is 12.5 Å². The van der Waals surface area contributed by atoms with Gasteiger partial charge in [0.05, 0.1) is 6.04 Å². The summed E-state index contributed by atoms with van der Waals surface area (Å²) in [5.74, 6) is -0.161. The molecular formula is C11H15F2NO. The standard InChI is InChI=1S/C11H15F2NO/c12-10(13)9-6-1-2-7-14(9)11(15)8-4-3-5-8/h4,9-10H,1-3,5-7H2. The van der Waals surface area contributed by atoms with Crippen molar-refractivity contribution in [1.82, 2.24) is 4.90 Å². The van der Waals surface area contributed by atoms with E-state index in [1.54, 1.807) is 0 Å². The first-order valence-corrected chi connectivity index (χ1v) is 5.48. The van der Waals surface area contributed by atoms with Gasteiger partial charge in [-0.1, -0.05) is 6.08 Å². The first kappa shape index (κ1) is 10.6. The van der Waals surface area contributed by atoms with Crippen LogP contribution in [0.15, 0.2) is 11.6 Å². The summed E-state index contributed by atoms with van der Waals surface area (Å²) >= 11 is 0. The molecule has 2 aliphatic rings. The van der Waals surface area contributed by atoms with E-state index in [0.717, 1.165) is 31.3 Å². The van der Waals surface area contributed by atoms with E-state index >= 15 is 0 Å².